The third-order valence-electron chi connectivity index (χ3n) is 1.44. The molecular weight excluding hydrogens is 207 g/mol. The van der Waals surface area contributed by atoms with E-state index < -0.39 is 30.2 Å². The molecular formula is C6H8F3NO4. The Hall–Kier alpha value is -1.31. The molecule has 1 unspecified atom stereocenters. The van der Waals surface area contributed by atoms with Crippen LogP contribution in [0.1, 0.15) is 6.92 Å². The summed E-state index contributed by atoms with van der Waals surface area (Å²) < 4.78 is 35.1. The lowest BCUT2D eigenvalue weighted by Crippen LogP contribution is -2.58. The van der Waals surface area contributed by atoms with Gasteiger partial charge in [-0.05, 0) is 6.92 Å². The fourth-order valence-corrected chi connectivity index (χ4v) is 0.482. The van der Waals surface area contributed by atoms with Crippen LogP contribution in [0.3, 0.4) is 0 Å². The second-order valence-corrected chi connectivity index (χ2v) is 2.75. The molecule has 14 heavy (non-hydrogen) atoms. The molecule has 82 valence electrons. The summed E-state index contributed by atoms with van der Waals surface area (Å²) in [4.78, 5) is 20.7. The van der Waals surface area contributed by atoms with Crippen molar-refractivity contribution in [3.05, 3.63) is 0 Å². The lowest BCUT2D eigenvalue weighted by molar-refractivity contribution is -0.178. The average molecular weight is 215 g/mol. The van der Waals surface area contributed by atoms with Crippen LogP contribution in [-0.4, -0.2) is 40.4 Å². The van der Waals surface area contributed by atoms with E-state index in [1.54, 1.807) is 0 Å². The third-order valence-corrected chi connectivity index (χ3v) is 1.44. The molecule has 0 aromatic carbocycles. The van der Waals surface area contributed by atoms with Crippen LogP contribution in [0.2, 0.25) is 0 Å². The molecule has 8 heteroatoms. The quantitative estimate of drug-likeness (QED) is 0.592. The molecule has 0 aromatic rings. The van der Waals surface area contributed by atoms with Crippen LogP contribution in [-0.2, 0) is 9.59 Å². The summed E-state index contributed by atoms with van der Waals surface area (Å²) in [6.07, 6.45) is -5.17. The Balaban J connectivity index is 4.65. The van der Waals surface area contributed by atoms with Crippen LogP contribution in [0, 0.1) is 0 Å². The zero-order valence-electron chi connectivity index (χ0n) is 7.05. The third kappa shape index (κ3) is 2.87. The Morgan fingerprint density at radius 1 is 1.36 bits per heavy atom. The monoisotopic (exact) mass is 215 g/mol. The van der Waals surface area contributed by atoms with E-state index in [2.05, 4.69) is 0 Å². The van der Waals surface area contributed by atoms with Gasteiger partial charge in [0.2, 0.25) is 0 Å². The second kappa shape index (κ2) is 3.82. The molecule has 1 atom stereocenters. The number of amides is 1. The molecule has 5 nitrogen and oxygen atoms in total. The van der Waals surface area contributed by atoms with Crippen LogP contribution in [0.5, 0.6) is 0 Å². The number of carboxylic acids is 1. The molecule has 0 aliphatic carbocycles. The maximum Gasteiger partial charge on any atom is 0.471 e. The summed E-state index contributed by atoms with van der Waals surface area (Å²) in [5.74, 6) is -4.16. The maximum atomic E-state index is 11.7. The summed E-state index contributed by atoms with van der Waals surface area (Å²) >= 11 is 0. The van der Waals surface area contributed by atoms with Crippen LogP contribution in [0.25, 0.3) is 0 Å². The van der Waals surface area contributed by atoms with Crippen molar-refractivity contribution in [1.82, 2.24) is 5.32 Å². The number of carbonyl (C=O) groups excluding carboxylic acids is 1. The van der Waals surface area contributed by atoms with E-state index in [-0.39, 0.29) is 0 Å². The van der Waals surface area contributed by atoms with Gasteiger partial charge in [0.05, 0.1) is 6.61 Å². The van der Waals surface area contributed by atoms with Gasteiger partial charge in [-0.1, -0.05) is 0 Å². The molecule has 0 bridgehead atoms. The molecule has 0 spiro atoms. The van der Waals surface area contributed by atoms with Gasteiger partial charge in [0.1, 0.15) is 0 Å². The highest BCUT2D eigenvalue weighted by molar-refractivity contribution is 5.89. The van der Waals surface area contributed by atoms with Crippen molar-refractivity contribution in [3.63, 3.8) is 0 Å². The molecule has 0 aliphatic rings. The molecule has 0 radical (unpaired) electrons. The molecule has 1 amide bonds. The molecule has 0 fully saturated rings. The molecule has 0 aromatic heterocycles. The predicted molar refractivity (Wildman–Crippen MR) is 37.3 cm³/mol. The Kier molecular flexibility index (Phi) is 3.47. The number of hydrogen-bond acceptors (Lipinski definition) is 3. The maximum absolute atomic E-state index is 11.7. The first-order valence-corrected chi connectivity index (χ1v) is 3.37. The van der Waals surface area contributed by atoms with Gasteiger partial charge in [-0.25, -0.2) is 4.79 Å². The van der Waals surface area contributed by atoms with Crippen molar-refractivity contribution >= 4 is 11.9 Å². The Morgan fingerprint density at radius 3 is 2.00 bits per heavy atom. The van der Waals surface area contributed by atoms with E-state index in [4.69, 9.17) is 10.2 Å². The van der Waals surface area contributed by atoms with Crippen LogP contribution in [0.4, 0.5) is 13.2 Å². The van der Waals surface area contributed by atoms with Gasteiger partial charge in [0, 0.05) is 0 Å². The number of halogens is 3. The Bertz CT molecular complexity index is 252. The normalized spacial score (nSPS) is 15.8. The summed E-state index contributed by atoms with van der Waals surface area (Å²) in [5, 5.41) is 18.1. The molecule has 0 aliphatic heterocycles. The van der Waals surface area contributed by atoms with E-state index in [1.807, 2.05) is 0 Å². The van der Waals surface area contributed by atoms with Crippen LogP contribution < -0.4 is 5.32 Å². The van der Waals surface area contributed by atoms with Crippen molar-refractivity contribution < 1.29 is 33.0 Å². The van der Waals surface area contributed by atoms with Gasteiger partial charge in [-0.3, -0.25) is 4.79 Å². The SMILES string of the molecule is CC(CO)(NC(=O)C(F)(F)F)C(=O)O. The van der Waals surface area contributed by atoms with Gasteiger partial charge in [-0.15, -0.1) is 0 Å². The number of alkyl halides is 3. The van der Waals surface area contributed by atoms with Crippen LogP contribution in [0.15, 0.2) is 0 Å². The Morgan fingerprint density at radius 2 is 1.79 bits per heavy atom. The number of hydrogen-bond donors (Lipinski definition) is 3. The van der Waals surface area contributed by atoms with E-state index >= 15 is 0 Å². The Labute approximate surface area is 76.5 Å². The van der Waals surface area contributed by atoms with Gasteiger partial charge in [-0.2, -0.15) is 13.2 Å². The molecule has 3 N–H and O–H groups in total. The lowest BCUT2D eigenvalue weighted by atomic mass is 10.0. The number of aliphatic hydroxyl groups is 1. The standard InChI is InChI=1S/C6H8F3NO4/c1-5(2-11,4(13)14)10-3(12)6(7,8)9/h11H,2H2,1H3,(H,10,12)(H,13,14). The van der Waals surface area contributed by atoms with Crippen molar-refractivity contribution in [3.8, 4) is 0 Å². The van der Waals surface area contributed by atoms with E-state index in [9.17, 15) is 22.8 Å². The molecule has 0 saturated heterocycles. The van der Waals surface area contributed by atoms with Gasteiger partial charge >= 0.3 is 18.1 Å². The fourth-order valence-electron chi connectivity index (χ4n) is 0.482. The highest BCUT2D eigenvalue weighted by atomic mass is 19.4. The number of nitrogens with one attached hydrogen (secondary N) is 1. The molecule has 0 saturated carbocycles. The summed E-state index contributed by atoms with van der Waals surface area (Å²) in [6, 6.07) is 0. The van der Waals surface area contributed by atoms with Crippen molar-refractivity contribution in [2.75, 3.05) is 6.61 Å². The van der Waals surface area contributed by atoms with E-state index in [1.165, 1.54) is 5.32 Å². The summed E-state index contributed by atoms with van der Waals surface area (Å²) in [6.45, 7) is -0.372. The van der Waals surface area contributed by atoms with Crippen molar-refractivity contribution in [1.29, 1.82) is 0 Å². The first kappa shape index (κ1) is 12.7. The molecule has 0 rings (SSSR count). The number of carbonyl (C=O) groups is 2. The fraction of sp³-hybridized carbons (Fsp3) is 0.667. The average Bonchev–Trinajstić information content (AvgIpc) is 2.02. The van der Waals surface area contributed by atoms with E-state index in [0.717, 1.165) is 6.92 Å². The lowest BCUT2D eigenvalue weighted by Gasteiger charge is -2.23. The summed E-state index contributed by atoms with van der Waals surface area (Å²) in [7, 11) is 0. The minimum absolute atomic E-state index is 0.763. The zero-order valence-corrected chi connectivity index (χ0v) is 7.05. The second-order valence-electron chi connectivity index (χ2n) is 2.75. The highest BCUT2D eigenvalue weighted by Crippen LogP contribution is 2.16. The highest BCUT2D eigenvalue weighted by Gasteiger charge is 2.45. The van der Waals surface area contributed by atoms with Crippen molar-refractivity contribution in [2.45, 2.75) is 18.6 Å². The first-order valence-electron chi connectivity index (χ1n) is 3.37. The van der Waals surface area contributed by atoms with Gasteiger partial charge in [0.25, 0.3) is 0 Å². The first-order chi connectivity index (χ1) is 6.13. The van der Waals surface area contributed by atoms with Gasteiger partial charge in [0.15, 0.2) is 5.54 Å². The van der Waals surface area contributed by atoms with Crippen molar-refractivity contribution in [2.24, 2.45) is 0 Å². The topological polar surface area (TPSA) is 86.6 Å². The number of carboxylic acid groups (broad SMARTS) is 1. The molecule has 0 heterocycles. The largest absolute Gasteiger partial charge is 0.479 e. The minimum Gasteiger partial charge on any atom is -0.479 e. The summed E-state index contributed by atoms with van der Waals surface area (Å²) in [5.41, 5.74) is -2.33. The number of aliphatic carboxylic acids is 1. The van der Waals surface area contributed by atoms with E-state index in [0.29, 0.717) is 0 Å². The van der Waals surface area contributed by atoms with Crippen LogP contribution >= 0.6 is 0 Å². The van der Waals surface area contributed by atoms with Gasteiger partial charge < -0.3 is 15.5 Å². The predicted octanol–water partition coefficient (Wildman–Crippen LogP) is -0.500. The minimum atomic E-state index is -5.17. The zero-order chi connectivity index (χ0) is 11.6. The number of aliphatic hydroxyl groups excluding tert-OH is 1. The smallest absolute Gasteiger partial charge is 0.471 e. The number of rotatable bonds is 3.